The van der Waals surface area contributed by atoms with Crippen LogP contribution < -0.4 is 4.74 Å². The average Bonchev–Trinajstić information content (AvgIpc) is 2.61. The number of nitrogens with zero attached hydrogens (tertiary/aromatic N) is 2. The fourth-order valence-electron chi connectivity index (χ4n) is 1.42. The maximum absolute atomic E-state index is 5.07. The van der Waals surface area contributed by atoms with E-state index in [1.165, 1.54) is 0 Å². The van der Waals surface area contributed by atoms with Gasteiger partial charge in [0, 0.05) is 13.1 Å². The van der Waals surface area contributed by atoms with Crippen molar-refractivity contribution >= 4 is 0 Å². The van der Waals surface area contributed by atoms with Crippen molar-refractivity contribution in [1.29, 1.82) is 0 Å². The lowest BCUT2D eigenvalue weighted by Gasteiger charge is -1.99. The Morgan fingerprint density at radius 1 is 1.21 bits per heavy atom. The Kier molecular flexibility index (Phi) is 2.23. The number of aryl methyl sites for hydroxylation is 1. The summed E-state index contributed by atoms with van der Waals surface area (Å²) in [6, 6.07) is 12.0. The lowest BCUT2D eigenvalue weighted by atomic mass is 10.1. The van der Waals surface area contributed by atoms with Gasteiger partial charge in [-0.1, -0.05) is 30.3 Å². The van der Waals surface area contributed by atoms with Crippen molar-refractivity contribution in [1.82, 2.24) is 9.78 Å². The first kappa shape index (κ1) is 8.81. The highest BCUT2D eigenvalue weighted by atomic mass is 16.5. The molecule has 1 aromatic carbocycles. The molecule has 2 rings (SSSR count). The minimum Gasteiger partial charge on any atom is -0.480 e. The summed E-state index contributed by atoms with van der Waals surface area (Å²) in [6.07, 6.45) is 0. The van der Waals surface area contributed by atoms with Gasteiger partial charge in [0.25, 0.3) is 0 Å². The van der Waals surface area contributed by atoms with E-state index >= 15 is 0 Å². The Morgan fingerprint density at radius 3 is 2.50 bits per heavy atom. The second kappa shape index (κ2) is 3.54. The Balaban J connectivity index is 2.46. The van der Waals surface area contributed by atoms with Crippen molar-refractivity contribution in [2.75, 3.05) is 7.11 Å². The summed E-state index contributed by atoms with van der Waals surface area (Å²) in [7, 11) is 3.53. The number of ether oxygens (including phenoxy) is 1. The number of methoxy groups -OCH3 is 1. The fraction of sp³-hybridized carbons (Fsp3) is 0.182. The van der Waals surface area contributed by atoms with Crippen LogP contribution in [0.2, 0.25) is 0 Å². The van der Waals surface area contributed by atoms with Gasteiger partial charge < -0.3 is 4.74 Å². The van der Waals surface area contributed by atoms with Crippen LogP contribution in [0.1, 0.15) is 0 Å². The monoisotopic (exact) mass is 188 g/mol. The van der Waals surface area contributed by atoms with Gasteiger partial charge in [-0.05, 0) is 5.56 Å². The summed E-state index contributed by atoms with van der Waals surface area (Å²) in [5, 5.41) is 4.20. The second-order valence-electron chi connectivity index (χ2n) is 3.06. The van der Waals surface area contributed by atoms with E-state index in [1.807, 2.05) is 36.0 Å². The summed E-state index contributed by atoms with van der Waals surface area (Å²) in [6.45, 7) is 0. The molecule has 0 unspecified atom stereocenters. The summed E-state index contributed by atoms with van der Waals surface area (Å²) in [5.41, 5.74) is 2.20. The predicted molar refractivity (Wildman–Crippen MR) is 55.2 cm³/mol. The number of aromatic nitrogens is 2. The van der Waals surface area contributed by atoms with Gasteiger partial charge in [0.2, 0.25) is 5.88 Å². The number of rotatable bonds is 2. The lowest BCUT2D eigenvalue weighted by Crippen LogP contribution is -1.93. The first-order valence-corrected chi connectivity index (χ1v) is 4.44. The molecule has 1 heterocycles. The van der Waals surface area contributed by atoms with Crippen molar-refractivity contribution < 1.29 is 4.74 Å². The van der Waals surface area contributed by atoms with Crippen molar-refractivity contribution in [3.63, 3.8) is 0 Å². The zero-order valence-electron chi connectivity index (χ0n) is 8.27. The van der Waals surface area contributed by atoms with E-state index in [2.05, 4.69) is 17.2 Å². The normalized spacial score (nSPS) is 10.1. The summed E-state index contributed by atoms with van der Waals surface area (Å²) >= 11 is 0. The molecule has 0 spiro atoms. The maximum atomic E-state index is 5.07. The highest BCUT2D eigenvalue weighted by Gasteiger charge is 2.05. The van der Waals surface area contributed by atoms with Gasteiger partial charge in [0.15, 0.2) is 0 Å². The smallest absolute Gasteiger partial charge is 0.233 e. The molecule has 0 aliphatic carbocycles. The quantitative estimate of drug-likeness (QED) is 0.721. The van der Waals surface area contributed by atoms with Crippen molar-refractivity contribution in [2.24, 2.45) is 7.05 Å². The van der Waals surface area contributed by atoms with Crippen LogP contribution in [0.4, 0.5) is 0 Å². The van der Waals surface area contributed by atoms with Crippen molar-refractivity contribution in [2.45, 2.75) is 0 Å². The summed E-state index contributed by atoms with van der Waals surface area (Å²) < 4.78 is 6.88. The first-order valence-electron chi connectivity index (χ1n) is 4.44. The Hall–Kier alpha value is -1.77. The van der Waals surface area contributed by atoms with E-state index < -0.39 is 0 Å². The highest BCUT2D eigenvalue weighted by Crippen LogP contribution is 2.22. The maximum Gasteiger partial charge on any atom is 0.233 e. The van der Waals surface area contributed by atoms with Crippen molar-refractivity contribution in [3.8, 4) is 17.1 Å². The minimum absolute atomic E-state index is 0.645. The van der Waals surface area contributed by atoms with Crippen LogP contribution in [-0.2, 0) is 7.05 Å². The van der Waals surface area contributed by atoms with Gasteiger partial charge in [-0.15, -0.1) is 5.10 Å². The molecule has 1 aromatic heterocycles. The molecular weight excluding hydrogens is 176 g/mol. The molecule has 0 atom stereocenters. The van der Waals surface area contributed by atoms with E-state index in [-0.39, 0.29) is 0 Å². The molecule has 0 saturated carbocycles. The van der Waals surface area contributed by atoms with Crippen molar-refractivity contribution in [3.05, 3.63) is 36.4 Å². The predicted octanol–water partition coefficient (Wildman–Crippen LogP) is 2.10. The molecule has 3 heteroatoms. The molecule has 0 amide bonds. The molecule has 0 radical (unpaired) electrons. The molecular formula is C11H12N2O. The first-order chi connectivity index (χ1) is 6.81. The highest BCUT2D eigenvalue weighted by molar-refractivity contribution is 5.60. The molecule has 0 aliphatic heterocycles. The molecule has 0 fully saturated rings. The third-order valence-electron chi connectivity index (χ3n) is 2.14. The molecule has 2 aromatic rings. The molecule has 14 heavy (non-hydrogen) atoms. The van der Waals surface area contributed by atoms with E-state index in [0.29, 0.717) is 5.88 Å². The van der Waals surface area contributed by atoms with Gasteiger partial charge in [0.1, 0.15) is 0 Å². The number of benzene rings is 1. The number of hydrogen-bond donors (Lipinski definition) is 0. The van der Waals surface area contributed by atoms with Gasteiger partial charge in [0.05, 0.1) is 12.8 Å². The fourth-order valence-corrected chi connectivity index (χ4v) is 1.42. The standard InChI is InChI=1S/C11H12N2O/c1-13-10(8-11(12-13)14-2)9-6-4-3-5-7-9/h3-8H,1-2H3. The Bertz CT molecular complexity index is 420. The van der Waals surface area contributed by atoms with E-state index in [9.17, 15) is 0 Å². The molecule has 0 aliphatic rings. The van der Waals surface area contributed by atoms with Gasteiger partial charge in [-0.25, -0.2) is 0 Å². The zero-order chi connectivity index (χ0) is 9.97. The Labute approximate surface area is 82.9 Å². The van der Waals surface area contributed by atoms with E-state index in [1.54, 1.807) is 7.11 Å². The molecule has 0 N–H and O–H groups in total. The van der Waals surface area contributed by atoms with Crippen LogP contribution in [-0.4, -0.2) is 16.9 Å². The molecule has 72 valence electrons. The SMILES string of the molecule is COc1cc(-c2ccccc2)n(C)n1. The Morgan fingerprint density at radius 2 is 1.93 bits per heavy atom. The third-order valence-corrected chi connectivity index (χ3v) is 2.14. The van der Waals surface area contributed by atoms with Crippen LogP contribution >= 0.6 is 0 Å². The topological polar surface area (TPSA) is 27.1 Å². The van der Waals surface area contributed by atoms with Crippen LogP contribution in [0.5, 0.6) is 5.88 Å². The summed E-state index contributed by atoms with van der Waals surface area (Å²) in [5.74, 6) is 0.645. The third kappa shape index (κ3) is 1.48. The molecule has 3 nitrogen and oxygen atoms in total. The molecule has 0 saturated heterocycles. The second-order valence-corrected chi connectivity index (χ2v) is 3.06. The van der Waals surface area contributed by atoms with Crippen LogP contribution in [0.3, 0.4) is 0 Å². The van der Waals surface area contributed by atoms with Crippen LogP contribution in [0.15, 0.2) is 36.4 Å². The minimum atomic E-state index is 0.645. The van der Waals surface area contributed by atoms with Gasteiger partial charge >= 0.3 is 0 Å². The average molecular weight is 188 g/mol. The summed E-state index contributed by atoms with van der Waals surface area (Å²) in [4.78, 5) is 0. The van der Waals surface area contributed by atoms with E-state index in [4.69, 9.17) is 4.74 Å². The largest absolute Gasteiger partial charge is 0.480 e. The van der Waals surface area contributed by atoms with E-state index in [0.717, 1.165) is 11.3 Å². The van der Waals surface area contributed by atoms with Gasteiger partial charge in [-0.3, -0.25) is 4.68 Å². The zero-order valence-corrected chi connectivity index (χ0v) is 8.27. The number of hydrogen-bond acceptors (Lipinski definition) is 2. The lowest BCUT2D eigenvalue weighted by molar-refractivity contribution is 0.392. The molecule has 0 bridgehead atoms. The van der Waals surface area contributed by atoms with Crippen LogP contribution in [0, 0.1) is 0 Å². The van der Waals surface area contributed by atoms with Gasteiger partial charge in [-0.2, -0.15) is 0 Å². The van der Waals surface area contributed by atoms with Crippen LogP contribution in [0.25, 0.3) is 11.3 Å².